The van der Waals surface area contributed by atoms with E-state index in [0.717, 1.165) is 9.37 Å². The minimum atomic E-state index is -0.388. The molecule has 0 aromatic carbocycles. The third kappa shape index (κ3) is 2.05. The minimum absolute atomic E-state index is 0.0799. The Labute approximate surface area is 94.2 Å². The maximum atomic E-state index is 11.4. The lowest BCUT2D eigenvalue weighted by atomic mass is 10.3. The lowest BCUT2D eigenvalue weighted by Gasteiger charge is -2.23. The monoisotopic (exact) mass is 270 g/mol. The number of amides is 2. The zero-order valence-corrected chi connectivity index (χ0v) is 9.23. The Morgan fingerprint density at radius 2 is 1.93 bits per heavy atom. The molecule has 1 saturated heterocycles. The van der Waals surface area contributed by atoms with E-state index in [9.17, 15) is 9.59 Å². The number of anilines is 1. The fraction of sp³-hybridized carbons (Fsp3) is 0.222. The molecular weight excluding hydrogens is 264 g/mol. The Morgan fingerprint density at radius 3 is 2.47 bits per heavy atom. The SMILES string of the molecule is O=C1COCC(=O)N1c1ccc(Br)cn1. The van der Waals surface area contributed by atoms with E-state index in [1.807, 2.05) is 0 Å². The molecule has 2 rings (SSSR count). The Morgan fingerprint density at radius 1 is 1.27 bits per heavy atom. The van der Waals surface area contributed by atoms with E-state index >= 15 is 0 Å². The molecule has 1 aliphatic heterocycles. The number of halogens is 1. The van der Waals surface area contributed by atoms with Gasteiger partial charge in [0.1, 0.15) is 19.0 Å². The molecule has 1 aliphatic rings. The van der Waals surface area contributed by atoms with Gasteiger partial charge in [-0.3, -0.25) is 9.59 Å². The molecule has 1 fully saturated rings. The fourth-order valence-electron chi connectivity index (χ4n) is 1.25. The largest absolute Gasteiger partial charge is 0.362 e. The highest BCUT2D eigenvalue weighted by molar-refractivity contribution is 9.10. The van der Waals surface area contributed by atoms with Gasteiger partial charge in [-0.1, -0.05) is 0 Å². The summed E-state index contributed by atoms with van der Waals surface area (Å²) in [6, 6.07) is 3.32. The summed E-state index contributed by atoms with van der Waals surface area (Å²) in [6.45, 7) is -0.160. The Kier molecular flexibility index (Phi) is 2.79. The molecule has 0 aliphatic carbocycles. The number of carbonyl (C=O) groups excluding carboxylic acids is 2. The van der Waals surface area contributed by atoms with Crippen LogP contribution in [0.25, 0.3) is 0 Å². The Balaban J connectivity index is 2.31. The maximum absolute atomic E-state index is 11.4. The van der Waals surface area contributed by atoms with E-state index in [-0.39, 0.29) is 25.0 Å². The fourth-order valence-corrected chi connectivity index (χ4v) is 1.48. The summed E-state index contributed by atoms with van der Waals surface area (Å²) in [5.74, 6) is -0.446. The van der Waals surface area contributed by atoms with E-state index in [4.69, 9.17) is 4.74 Å². The third-order valence-electron chi connectivity index (χ3n) is 1.89. The van der Waals surface area contributed by atoms with Crippen LogP contribution in [0.1, 0.15) is 0 Å². The van der Waals surface area contributed by atoms with Gasteiger partial charge in [0, 0.05) is 10.7 Å². The summed E-state index contributed by atoms with van der Waals surface area (Å²) in [6.07, 6.45) is 1.53. The van der Waals surface area contributed by atoms with Crippen LogP contribution in [0.15, 0.2) is 22.8 Å². The molecule has 2 heterocycles. The van der Waals surface area contributed by atoms with Crippen LogP contribution in [-0.4, -0.2) is 30.0 Å². The van der Waals surface area contributed by atoms with Gasteiger partial charge in [-0.2, -0.15) is 0 Å². The van der Waals surface area contributed by atoms with Crippen molar-refractivity contribution in [3.8, 4) is 0 Å². The highest BCUT2D eigenvalue weighted by Gasteiger charge is 2.28. The molecule has 1 aromatic heterocycles. The number of morpholine rings is 1. The van der Waals surface area contributed by atoms with Crippen molar-refractivity contribution in [1.29, 1.82) is 0 Å². The zero-order valence-electron chi connectivity index (χ0n) is 7.64. The number of hydrogen-bond acceptors (Lipinski definition) is 4. The average Bonchev–Trinajstić information content (AvgIpc) is 2.20. The lowest BCUT2D eigenvalue weighted by Crippen LogP contribution is -2.46. The average molecular weight is 271 g/mol. The summed E-state index contributed by atoms with van der Waals surface area (Å²) in [5.41, 5.74) is 0. The normalized spacial score (nSPS) is 17.0. The predicted molar refractivity (Wildman–Crippen MR) is 55.2 cm³/mol. The van der Waals surface area contributed by atoms with E-state index in [1.165, 1.54) is 6.20 Å². The first-order valence-corrected chi connectivity index (χ1v) is 5.03. The van der Waals surface area contributed by atoms with E-state index in [0.29, 0.717) is 5.82 Å². The molecule has 0 spiro atoms. The van der Waals surface area contributed by atoms with Gasteiger partial charge >= 0.3 is 0 Å². The quantitative estimate of drug-likeness (QED) is 0.707. The molecule has 0 saturated carbocycles. The minimum Gasteiger partial charge on any atom is -0.362 e. The van der Waals surface area contributed by atoms with Crippen molar-refractivity contribution in [3.63, 3.8) is 0 Å². The molecule has 0 bridgehead atoms. The number of carbonyl (C=O) groups is 2. The van der Waals surface area contributed by atoms with Crippen LogP contribution in [0.5, 0.6) is 0 Å². The third-order valence-corrected chi connectivity index (χ3v) is 2.36. The van der Waals surface area contributed by atoms with Gasteiger partial charge in [0.2, 0.25) is 0 Å². The van der Waals surface area contributed by atoms with Gasteiger partial charge in [0.15, 0.2) is 0 Å². The first-order valence-electron chi connectivity index (χ1n) is 4.23. The predicted octanol–water partition coefficient (Wildman–Crippen LogP) is 0.734. The van der Waals surface area contributed by atoms with Gasteiger partial charge in [0.05, 0.1) is 0 Å². The van der Waals surface area contributed by atoms with Gasteiger partial charge in [0.25, 0.3) is 11.8 Å². The zero-order chi connectivity index (χ0) is 10.8. The van der Waals surface area contributed by atoms with Gasteiger partial charge in [-0.05, 0) is 28.1 Å². The van der Waals surface area contributed by atoms with Crippen LogP contribution in [0, 0.1) is 0 Å². The summed E-state index contributed by atoms with van der Waals surface area (Å²) >= 11 is 3.22. The maximum Gasteiger partial charge on any atom is 0.261 e. The van der Waals surface area contributed by atoms with Crippen LogP contribution >= 0.6 is 15.9 Å². The number of ether oxygens (including phenoxy) is 1. The second-order valence-corrected chi connectivity index (χ2v) is 3.87. The highest BCUT2D eigenvalue weighted by atomic mass is 79.9. The molecule has 0 radical (unpaired) electrons. The Bertz CT molecular complexity index is 388. The molecule has 0 N–H and O–H groups in total. The van der Waals surface area contributed by atoms with Crippen LogP contribution < -0.4 is 4.90 Å². The van der Waals surface area contributed by atoms with Crippen molar-refractivity contribution in [2.75, 3.05) is 18.1 Å². The van der Waals surface area contributed by atoms with Crippen molar-refractivity contribution >= 4 is 33.6 Å². The van der Waals surface area contributed by atoms with Crippen molar-refractivity contribution < 1.29 is 14.3 Å². The molecule has 1 aromatic rings. The van der Waals surface area contributed by atoms with Gasteiger partial charge < -0.3 is 4.74 Å². The van der Waals surface area contributed by atoms with Crippen LogP contribution in [0.4, 0.5) is 5.82 Å². The molecule has 78 valence electrons. The van der Waals surface area contributed by atoms with Crippen LogP contribution in [0.3, 0.4) is 0 Å². The molecule has 2 amide bonds. The highest BCUT2D eigenvalue weighted by Crippen LogP contribution is 2.16. The number of nitrogens with zero attached hydrogens (tertiary/aromatic N) is 2. The summed E-state index contributed by atoms with van der Waals surface area (Å²) in [7, 11) is 0. The number of rotatable bonds is 1. The number of hydrogen-bond donors (Lipinski definition) is 0. The topological polar surface area (TPSA) is 59.5 Å². The van der Waals surface area contributed by atoms with Crippen LogP contribution in [0.2, 0.25) is 0 Å². The molecule has 0 atom stereocenters. The first kappa shape index (κ1) is 10.3. The summed E-state index contributed by atoms with van der Waals surface area (Å²) in [5, 5.41) is 0. The summed E-state index contributed by atoms with van der Waals surface area (Å²) in [4.78, 5) is 27.9. The lowest BCUT2D eigenvalue weighted by molar-refractivity contribution is -0.138. The molecule has 5 nitrogen and oxygen atoms in total. The summed E-state index contributed by atoms with van der Waals surface area (Å²) < 4.78 is 5.58. The van der Waals surface area contributed by atoms with Crippen molar-refractivity contribution in [2.45, 2.75) is 0 Å². The molecular formula is C9H7BrN2O3. The molecule has 0 unspecified atom stereocenters. The Hall–Kier alpha value is -1.27. The van der Waals surface area contributed by atoms with E-state index in [2.05, 4.69) is 20.9 Å². The number of imide groups is 1. The van der Waals surface area contributed by atoms with Crippen molar-refractivity contribution in [2.24, 2.45) is 0 Å². The smallest absolute Gasteiger partial charge is 0.261 e. The number of aromatic nitrogens is 1. The van der Waals surface area contributed by atoms with Gasteiger partial charge in [-0.15, -0.1) is 0 Å². The second kappa shape index (κ2) is 4.08. The number of pyridine rings is 1. The molecule has 15 heavy (non-hydrogen) atoms. The van der Waals surface area contributed by atoms with E-state index in [1.54, 1.807) is 12.1 Å². The second-order valence-electron chi connectivity index (χ2n) is 2.95. The van der Waals surface area contributed by atoms with Crippen molar-refractivity contribution in [1.82, 2.24) is 4.98 Å². The van der Waals surface area contributed by atoms with Crippen molar-refractivity contribution in [3.05, 3.63) is 22.8 Å². The van der Waals surface area contributed by atoms with Gasteiger partial charge in [-0.25, -0.2) is 9.88 Å². The molecule has 6 heteroatoms. The van der Waals surface area contributed by atoms with E-state index < -0.39 is 0 Å². The van der Waals surface area contributed by atoms with Crippen LogP contribution in [-0.2, 0) is 14.3 Å². The first-order chi connectivity index (χ1) is 7.18. The standard InChI is InChI=1S/C9H7BrN2O3/c10-6-1-2-7(11-3-6)12-8(13)4-15-5-9(12)14/h1-3H,4-5H2.